The van der Waals surface area contributed by atoms with Gasteiger partial charge in [0.1, 0.15) is 0 Å². The second-order valence-electron chi connectivity index (χ2n) is 5.96. The van der Waals surface area contributed by atoms with Gasteiger partial charge in [-0.15, -0.1) is 0 Å². The molecule has 0 spiro atoms. The average molecular weight is 264 g/mol. The van der Waals surface area contributed by atoms with Gasteiger partial charge in [0, 0.05) is 13.2 Å². The Bertz CT molecular complexity index is 431. The predicted octanol–water partition coefficient (Wildman–Crippen LogP) is 3.02. The number of hydrogen-bond acceptors (Lipinski definition) is 2. The van der Waals surface area contributed by atoms with Crippen molar-refractivity contribution in [2.24, 2.45) is 18.4 Å². The summed E-state index contributed by atoms with van der Waals surface area (Å²) in [4.78, 5) is 11.7. The third kappa shape index (κ3) is 3.17. The van der Waals surface area contributed by atoms with E-state index in [1.807, 2.05) is 19.4 Å². The number of carboxylic acid groups (broad SMARTS) is 1. The first kappa shape index (κ1) is 14.1. The number of carbonyl (C=O) groups is 1. The Morgan fingerprint density at radius 1 is 1.53 bits per heavy atom. The van der Waals surface area contributed by atoms with Crippen molar-refractivity contribution in [2.45, 2.75) is 51.9 Å². The van der Waals surface area contributed by atoms with E-state index in [2.05, 4.69) is 12.0 Å². The van der Waals surface area contributed by atoms with Crippen molar-refractivity contribution >= 4 is 5.97 Å². The summed E-state index contributed by atoms with van der Waals surface area (Å²) in [6.07, 6.45) is 10.4. The van der Waals surface area contributed by atoms with Crippen LogP contribution in [0.15, 0.2) is 12.4 Å². The molecule has 1 saturated carbocycles. The van der Waals surface area contributed by atoms with E-state index in [9.17, 15) is 9.90 Å². The molecule has 0 amide bonds. The van der Waals surface area contributed by atoms with Crippen LogP contribution in [-0.2, 0) is 18.3 Å². The molecule has 0 atom stereocenters. The largest absolute Gasteiger partial charge is 0.481 e. The van der Waals surface area contributed by atoms with Crippen molar-refractivity contribution in [1.29, 1.82) is 0 Å². The third-order valence-corrected chi connectivity index (χ3v) is 4.74. The topological polar surface area (TPSA) is 55.1 Å². The molecule has 106 valence electrons. The lowest BCUT2D eigenvalue weighted by Gasteiger charge is -2.36. The highest BCUT2D eigenvalue weighted by Crippen LogP contribution is 2.43. The highest BCUT2D eigenvalue weighted by molar-refractivity contribution is 5.74. The maximum Gasteiger partial charge on any atom is 0.309 e. The van der Waals surface area contributed by atoms with Crippen LogP contribution in [0.3, 0.4) is 0 Å². The van der Waals surface area contributed by atoms with Crippen LogP contribution in [0.2, 0.25) is 0 Å². The lowest BCUT2D eigenvalue weighted by molar-refractivity contribution is -0.152. The standard InChI is InChI=1S/C15H24N2O2/c1-3-12-4-7-15(8-5-12,14(18)19)9-6-13-10-16-17(2)11-13/h10-12H,3-9H2,1-2H3,(H,18,19). The predicted molar refractivity (Wildman–Crippen MR) is 73.8 cm³/mol. The van der Waals surface area contributed by atoms with Crippen molar-refractivity contribution in [3.63, 3.8) is 0 Å². The summed E-state index contributed by atoms with van der Waals surface area (Å²) < 4.78 is 1.77. The zero-order valence-corrected chi connectivity index (χ0v) is 11.9. The minimum atomic E-state index is -0.606. The molecule has 1 aliphatic rings. The molecular formula is C15H24N2O2. The summed E-state index contributed by atoms with van der Waals surface area (Å²) in [7, 11) is 1.89. The quantitative estimate of drug-likeness (QED) is 0.889. The van der Waals surface area contributed by atoms with E-state index in [1.54, 1.807) is 4.68 Å². The highest BCUT2D eigenvalue weighted by atomic mass is 16.4. The van der Waals surface area contributed by atoms with Crippen LogP contribution < -0.4 is 0 Å². The molecule has 19 heavy (non-hydrogen) atoms. The third-order valence-electron chi connectivity index (χ3n) is 4.74. The molecule has 1 N–H and O–H groups in total. The van der Waals surface area contributed by atoms with E-state index in [4.69, 9.17) is 0 Å². The van der Waals surface area contributed by atoms with Crippen molar-refractivity contribution in [3.8, 4) is 0 Å². The van der Waals surface area contributed by atoms with Gasteiger partial charge in [0.2, 0.25) is 0 Å². The first-order valence-corrected chi connectivity index (χ1v) is 7.26. The highest BCUT2D eigenvalue weighted by Gasteiger charge is 2.41. The molecule has 4 nitrogen and oxygen atoms in total. The van der Waals surface area contributed by atoms with Crippen molar-refractivity contribution in [1.82, 2.24) is 9.78 Å². The van der Waals surface area contributed by atoms with Crippen LogP contribution in [-0.4, -0.2) is 20.9 Å². The molecule has 1 fully saturated rings. The van der Waals surface area contributed by atoms with Gasteiger partial charge in [-0.05, 0) is 50.0 Å². The first-order chi connectivity index (χ1) is 9.05. The monoisotopic (exact) mass is 264 g/mol. The van der Waals surface area contributed by atoms with Crippen LogP contribution >= 0.6 is 0 Å². The Kier molecular flexibility index (Phi) is 4.27. The summed E-state index contributed by atoms with van der Waals surface area (Å²) in [5.41, 5.74) is 0.641. The van der Waals surface area contributed by atoms with Crippen LogP contribution in [0.4, 0.5) is 0 Å². The minimum Gasteiger partial charge on any atom is -0.481 e. The molecule has 1 aromatic rings. The fraction of sp³-hybridized carbons (Fsp3) is 0.733. The zero-order chi connectivity index (χ0) is 13.9. The van der Waals surface area contributed by atoms with E-state index in [1.165, 1.54) is 6.42 Å². The first-order valence-electron chi connectivity index (χ1n) is 7.26. The second-order valence-corrected chi connectivity index (χ2v) is 5.96. The number of aryl methyl sites for hydroxylation is 2. The second kappa shape index (κ2) is 5.76. The number of aliphatic carboxylic acids is 1. The summed E-state index contributed by atoms with van der Waals surface area (Å²) in [5, 5.41) is 13.8. The molecule has 0 aromatic carbocycles. The number of hydrogen-bond donors (Lipinski definition) is 1. The Morgan fingerprint density at radius 2 is 2.21 bits per heavy atom. The maximum absolute atomic E-state index is 11.7. The van der Waals surface area contributed by atoms with Crippen LogP contribution in [0, 0.1) is 11.3 Å². The van der Waals surface area contributed by atoms with Gasteiger partial charge in [0.25, 0.3) is 0 Å². The number of nitrogens with zero attached hydrogens (tertiary/aromatic N) is 2. The van der Waals surface area contributed by atoms with Crippen molar-refractivity contribution < 1.29 is 9.90 Å². The summed E-state index contributed by atoms with van der Waals surface area (Å²) in [5.74, 6) is 0.122. The fourth-order valence-corrected chi connectivity index (χ4v) is 3.19. The molecule has 2 rings (SSSR count). The molecule has 0 unspecified atom stereocenters. The molecule has 0 aliphatic heterocycles. The van der Waals surface area contributed by atoms with Crippen LogP contribution in [0.25, 0.3) is 0 Å². The smallest absolute Gasteiger partial charge is 0.309 e. The Hall–Kier alpha value is -1.32. The zero-order valence-electron chi connectivity index (χ0n) is 11.9. The lowest BCUT2D eigenvalue weighted by atomic mass is 9.67. The molecule has 1 aliphatic carbocycles. The summed E-state index contributed by atoms with van der Waals surface area (Å²) in [6, 6.07) is 0. The van der Waals surface area contributed by atoms with Gasteiger partial charge in [0.05, 0.1) is 11.6 Å². The number of aromatic nitrogens is 2. The van der Waals surface area contributed by atoms with Gasteiger partial charge in [-0.3, -0.25) is 9.48 Å². The number of rotatable bonds is 5. The van der Waals surface area contributed by atoms with Gasteiger partial charge in [-0.1, -0.05) is 13.3 Å². The lowest BCUT2D eigenvalue weighted by Crippen LogP contribution is -2.35. The van der Waals surface area contributed by atoms with E-state index < -0.39 is 11.4 Å². The fourth-order valence-electron chi connectivity index (χ4n) is 3.19. The molecule has 4 heteroatoms. The molecule has 1 heterocycles. The molecule has 1 aromatic heterocycles. The normalized spacial score (nSPS) is 27.4. The summed E-state index contributed by atoms with van der Waals surface area (Å²) >= 11 is 0. The average Bonchev–Trinajstić information content (AvgIpc) is 2.82. The van der Waals surface area contributed by atoms with E-state index >= 15 is 0 Å². The SMILES string of the molecule is CCC1CCC(CCc2cnn(C)c2)(C(=O)O)CC1. The van der Waals surface area contributed by atoms with Gasteiger partial charge < -0.3 is 5.11 Å². The van der Waals surface area contributed by atoms with Gasteiger partial charge in [0.15, 0.2) is 0 Å². The van der Waals surface area contributed by atoms with E-state index in [0.717, 1.165) is 50.0 Å². The van der Waals surface area contributed by atoms with Gasteiger partial charge in [-0.2, -0.15) is 5.10 Å². The Balaban J connectivity index is 1.98. The van der Waals surface area contributed by atoms with Gasteiger partial charge >= 0.3 is 5.97 Å². The Labute approximate surface area is 114 Å². The molecule has 0 bridgehead atoms. The van der Waals surface area contributed by atoms with Crippen molar-refractivity contribution in [3.05, 3.63) is 18.0 Å². The van der Waals surface area contributed by atoms with E-state index in [0.29, 0.717) is 0 Å². The van der Waals surface area contributed by atoms with E-state index in [-0.39, 0.29) is 0 Å². The Morgan fingerprint density at radius 3 is 2.68 bits per heavy atom. The van der Waals surface area contributed by atoms with Crippen LogP contribution in [0.1, 0.15) is 51.0 Å². The van der Waals surface area contributed by atoms with Gasteiger partial charge in [-0.25, -0.2) is 0 Å². The minimum absolute atomic E-state index is 0.499. The summed E-state index contributed by atoms with van der Waals surface area (Å²) in [6.45, 7) is 2.20. The van der Waals surface area contributed by atoms with Crippen LogP contribution in [0.5, 0.6) is 0 Å². The number of carboxylic acids is 1. The molecule has 0 saturated heterocycles. The maximum atomic E-state index is 11.7. The van der Waals surface area contributed by atoms with Crippen molar-refractivity contribution in [2.75, 3.05) is 0 Å². The molecule has 0 radical (unpaired) electrons. The molecular weight excluding hydrogens is 240 g/mol.